The van der Waals surface area contributed by atoms with Gasteiger partial charge in [-0.1, -0.05) is 19.9 Å². The third-order valence-electron chi connectivity index (χ3n) is 2.15. The predicted octanol–water partition coefficient (Wildman–Crippen LogP) is 1.88. The van der Waals surface area contributed by atoms with Gasteiger partial charge >= 0.3 is 0 Å². The van der Waals surface area contributed by atoms with Crippen molar-refractivity contribution in [1.29, 1.82) is 0 Å². The van der Waals surface area contributed by atoms with Crippen LogP contribution < -0.4 is 15.4 Å². The van der Waals surface area contributed by atoms with Gasteiger partial charge in [-0.2, -0.15) is 0 Å². The van der Waals surface area contributed by atoms with Crippen LogP contribution >= 0.6 is 0 Å². The molecule has 0 fully saturated rings. The Kier molecular flexibility index (Phi) is 5.33. The zero-order valence-corrected chi connectivity index (χ0v) is 10.6. The minimum Gasteiger partial charge on any atom is -0.493 e. The van der Waals surface area contributed by atoms with Crippen LogP contribution in [0.1, 0.15) is 13.8 Å². The fourth-order valence-electron chi connectivity index (χ4n) is 1.23. The average molecular weight is 236 g/mol. The van der Waals surface area contributed by atoms with Gasteiger partial charge in [-0.3, -0.25) is 4.79 Å². The van der Waals surface area contributed by atoms with Gasteiger partial charge in [0.05, 0.1) is 13.2 Å². The topological polar surface area (TPSA) is 50.4 Å². The van der Waals surface area contributed by atoms with Crippen LogP contribution in [0, 0.1) is 5.92 Å². The molecule has 94 valence electrons. The number of carbonyl (C=O) groups is 1. The van der Waals surface area contributed by atoms with E-state index in [1.165, 1.54) is 0 Å². The molecule has 0 saturated heterocycles. The monoisotopic (exact) mass is 236 g/mol. The Morgan fingerprint density at radius 2 is 2.18 bits per heavy atom. The van der Waals surface area contributed by atoms with Crippen LogP contribution in [0.2, 0.25) is 0 Å². The molecule has 0 aliphatic carbocycles. The summed E-state index contributed by atoms with van der Waals surface area (Å²) in [4.78, 5) is 11.1. The molecule has 1 rings (SSSR count). The Morgan fingerprint density at radius 1 is 1.41 bits per heavy atom. The first-order valence-corrected chi connectivity index (χ1v) is 5.79. The van der Waals surface area contributed by atoms with Crippen LogP contribution in [0.4, 0.5) is 5.69 Å². The van der Waals surface area contributed by atoms with Crippen LogP contribution in [0.25, 0.3) is 0 Å². The molecule has 1 aromatic carbocycles. The zero-order chi connectivity index (χ0) is 12.7. The van der Waals surface area contributed by atoms with Gasteiger partial charge in [0.2, 0.25) is 5.91 Å². The normalized spacial score (nSPS) is 10.1. The summed E-state index contributed by atoms with van der Waals surface area (Å²) in [7, 11) is 1.62. The Bertz CT molecular complexity index is 364. The lowest BCUT2D eigenvalue weighted by molar-refractivity contribution is -0.118. The minimum atomic E-state index is -0.0431. The van der Waals surface area contributed by atoms with E-state index >= 15 is 0 Å². The van der Waals surface area contributed by atoms with Gasteiger partial charge in [0.1, 0.15) is 5.75 Å². The Balaban J connectivity index is 2.50. The standard InChI is InChI=1S/C13H20N2O2/c1-10(2)9-17-12-6-4-5-11(7-12)15-8-13(16)14-3/h4-7,10,15H,8-9H2,1-3H3,(H,14,16). The van der Waals surface area contributed by atoms with Crippen molar-refractivity contribution in [1.82, 2.24) is 5.32 Å². The second kappa shape index (κ2) is 6.78. The molecule has 17 heavy (non-hydrogen) atoms. The lowest BCUT2D eigenvalue weighted by Crippen LogP contribution is -2.26. The van der Waals surface area contributed by atoms with Crippen LogP contribution in [-0.2, 0) is 4.79 Å². The van der Waals surface area contributed by atoms with E-state index in [4.69, 9.17) is 4.74 Å². The summed E-state index contributed by atoms with van der Waals surface area (Å²) in [5.74, 6) is 1.27. The van der Waals surface area contributed by atoms with Gasteiger partial charge in [0.15, 0.2) is 0 Å². The fourth-order valence-corrected chi connectivity index (χ4v) is 1.23. The highest BCUT2D eigenvalue weighted by molar-refractivity contribution is 5.80. The SMILES string of the molecule is CNC(=O)CNc1cccc(OCC(C)C)c1. The average Bonchev–Trinajstić information content (AvgIpc) is 2.34. The molecule has 0 aromatic heterocycles. The minimum absolute atomic E-state index is 0.0431. The molecule has 2 N–H and O–H groups in total. The first kappa shape index (κ1) is 13.4. The number of ether oxygens (including phenoxy) is 1. The summed E-state index contributed by atoms with van der Waals surface area (Å²) in [6.45, 7) is 5.17. The Labute approximate surface area is 102 Å². The van der Waals surface area contributed by atoms with E-state index in [9.17, 15) is 4.79 Å². The molecule has 4 heteroatoms. The maximum Gasteiger partial charge on any atom is 0.239 e. The summed E-state index contributed by atoms with van der Waals surface area (Å²) in [5, 5.41) is 5.59. The summed E-state index contributed by atoms with van der Waals surface area (Å²) in [6.07, 6.45) is 0. The van der Waals surface area contributed by atoms with Crippen molar-refractivity contribution in [3.8, 4) is 5.75 Å². The van der Waals surface area contributed by atoms with Crippen molar-refractivity contribution in [2.24, 2.45) is 5.92 Å². The van der Waals surface area contributed by atoms with Crippen LogP contribution in [-0.4, -0.2) is 26.1 Å². The fraction of sp³-hybridized carbons (Fsp3) is 0.462. The van der Waals surface area contributed by atoms with Gasteiger partial charge in [-0.15, -0.1) is 0 Å². The number of hydrogen-bond acceptors (Lipinski definition) is 3. The van der Waals surface area contributed by atoms with Gasteiger partial charge in [0, 0.05) is 18.8 Å². The van der Waals surface area contributed by atoms with Gasteiger partial charge < -0.3 is 15.4 Å². The number of amides is 1. The maximum absolute atomic E-state index is 11.1. The highest BCUT2D eigenvalue weighted by atomic mass is 16.5. The molecule has 0 aliphatic heterocycles. The van der Waals surface area contributed by atoms with Crippen LogP contribution in [0.15, 0.2) is 24.3 Å². The third-order valence-corrected chi connectivity index (χ3v) is 2.15. The molecule has 0 heterocycles. The molecule has 0 unspecified atom stereocenters. The number of likely N-dealkylation sites (N-methyl/N-ethyl adjacent to an activating group) is 1. The molecule has 1 aromatic rings. The van der Waals surface area contributed by atoms with Gasteiger partial charge in [-0.05, 0) is 18.1 Å². The van der Waals surface area contributed by atoms with Crippen LogP contribution in [0.5, 0.6) is 5.75 Å². The van der Waals surface area contributed by atoms with Gasteiger partial charge in [0.25, 0.3) is 0 Å². The molecule has 4 nitrogen and oxygen atoms in total. The van der Waals surface area contributed by atoms with Crippen molar-refractivity contribution < 1.29 is 9.53 Å². The largest absolute Gasteiger partial charge is 0.493 e. The number of anilines is 1. The predicted molar refractivity (Wildman–Crippen MR) is 69.3 cm³/mol. The van der Waals surface area contributed by atoms with E-state index in [1.54, 1.807) is 7.05 Å². The van der Waals surface area contributed by atoms with Crippen molar-refractivity contribution in [3.63, 3.8) is 0 Å². The summed E-state index contributed by atoms with van der Waals surface area (Å²) in [5.41, 5.74) is 0.884. The highest BCUT2D eigenvalue weighted by Crippen LogP contribution is 2.17. The van der Waals surface area contributed by atoms with Crippen molar-refractivity contribution in [2.45, 2.75) is 13.8 Å². The van der Waals surface area contributed by atoms with Crippen molar-refractivity contribution >= 4 is 11.6 Å². The molecule has 0 saturated carbocycles. The second-order valence-corrected chi connectivity index (χ2v) is 4.26. The summed E-state index contributed by atoms with van der Waals surface area (Å²) < 4.78 is 5.60. The summed E-state index contributed by atoms with van der Waals surface area (Å²) >= 11 is 0. The van der Waals surface area contributed by atoms with E-state index in [0.29, 0.717) is 12.5 Å². The second-order valence-electron chi connectivity index (χ2n) is 4.26. The van der Waals surface area contributed by atoms with E-state index in [0.717, 1.165) is 11.4 Å². The summed E-state index contributed by atoms with van der Waals surface area (Å²) in [6, 6.07) is 7.62. The highest BCUT2D eigenvalue weighted by Gasteiger charge is 2.00. The maximum atomic E-state index is 11.1. The molecular weight excluding hydrogens is 216 g/mol. The molecular formula is C13H20N2O2. The third kappa shape index (κ3) is 5.24. The molecule has 0 radical (unpaired) electrons. The zero-order valence-electron chi connectivity index (χ0n) is 10.6. The number of nitrogens with one attached hydrogen (secondary N) is 2. The number of carbonyl (C=O) groups excluding carboxylic acids is 1. The molecule has 0 aliphatic rings. The molecule has 0 spiro atoms. The van der Waals surface area contributed by atoms with E-state index in [2.05, 4.69) is 24.5 Å². The Hall–Kier alpha value is -1.71. The van der Waals surface area contributed by atoms with E-state index in [-0.39, 0.29) is 12.5 Å². The number of hydrogen-bond donors (Lipinski definition) is 2. The van der Waals surface area contributed by atoms with Crippen molar-refractivity contribution in [3.05, 3.63) is 24.3 Å². The smallest absolute Gasteiger partial charge is 0.239 e. The van der Waals surface area contributed by atoms with Crippen molar-refractivity contribution in [2.75, 3.05) is 25.5 Å². The Morgan fingerprint density at radius 3 is 2.82 bits per heavy atom. The molecule has 0 bridgehead atoms. The van der Waals surface area contributed by atoms with Crippen LogP contribution in [0.3, 0.4) is 0 Å². The van der Waals surface area contributed by atoms with Gasteiger partial charge in [-0.25, -0.2) is 0 Å². The number of benzene rings is 1. The first-order chi connectivity index (χ1) is 8.11. The van der Waals surface area contributed by atoms with E-state index in [1.807, 2.05) is 24.3 Å². The first-order valence-electron chi connectivity index (χ1n) is 5.79. The molecule has 1 amide bonds. The molecule has 0 atom stereocenters. The number of rotatable bonds is 6. The van der Waals surface area contributed by atoms with E-state index < -0.39 is 0 Å². The lowest BCUT2D eigenvalue weighted by Gasteiger charge is -2.10. The lowest BCUT2D eigenvalue weighted by atomic mass is 10.2. The quantitative estimate of drug-likeness (QED) is 0.793.